The fourth-order valence-electron chi connectivity index (χ4n) is 1.60. The van der Waals surface area contributed by atoms with E-state index in [4.69, 9.17) is 9.47 Å². The van der Waals surface area contributed by atoms with E-state index in [1.165, 1.54) is 5.56 Å². The van der Waals surface area contributed by atoms with Gasteiger partial charge in [0.05, 0.1) is 13.7 Å². The van der Waals surface area contributed by atoms with E-state index in [-0.39, 0.29) is 0 Å². The fraction of sp³-hybridized carbons (Fsp3) is 0.455. The van der Waals surface area contributed by atoms with Gasteiger partial charge in [-0.15, -0.1) is 0 Å². The van der Waals surface area contributed by atoms with Crippen LogP contribution in [0, 0.1) is 13.8 Å². The van der Waals surface area contributed by atoms with Crippen LogP contribution in [0.25, 0.3) is 0 Å². The van der Waals surface area contributed by atoms with Crippen molar-refractivity contribution >= 4 is 0 Å². The maximum Gasteiger partial charge on any atom is 0.127 e. The maximum atomic E-state index is 5.30. The molecule has 1 aromatic carbocycles. The molecule has 0 fully saturated rings. The summed E-state index contributed by atoms with van der Waals surface area (Å²) < 4.78 is 10.4. The lowest BCUT2D eigenvalue weighted by molar-refractivity contribution is 0.181. The van der Waals surface area contributed by atoms with Gasteiger partial charge in [0.25, 0.3) is 0 Å². The van der Waals surface area contributed by atoms with E-state index in [1.807, 2.05) is 6.92 Å². The highest BCUT2D eigenvalue weighted by Gasteiger charge is 2.06. The molecular formula is C11H16O2. The Bertz CT molecular complexity index is 292. The summed E-state index contributed by atoms with van der Waals surface area (Å²) in [5, 5.41) is 0. The number of benzene rings is 1. The van der Waals surface area contributed by atoms with E-state index >= 15 is 0 Å². The lowest BCUT2D eigenvalue weighted by atomic mass is 10.1. The molecule has 1 aromatic rings. The smallest absolute Gasteiger partial charge is 0.127 e. The van der Waals surface area contributed by atoms with Crippen molar-refractivity contribution in [3.63, 3.8) is 0 Å². The highest BCUT2D eigenvalue weighted by Crippen LogP contribution is 2.25. The lowest BCUT2D eigenvalue weighted by Gasteiger charge is -2.11. The predicted molar refractivity (Wildman–Crippen MR) is 53.2 cm³/mol. The SMILES string of the molecule is COCc1cc(C)cc(C)c1OC. The monoisotopic (exact) mass is 180 g/mol. The van der Waals surface area contributed by atoms with Gasteiger partial charge in [0.2, 0.25) is 0 Å². The van der Waals surface area contributed by atoms with E-state index < -0.39 is 0 Å². The van der Waals surface area contributed by atoms with Crippen LogP contribution in [0.5, 0.6) is 5.75 Å². The standard InChI is InChI=1S/C11H16O2/c1-8-5-9(2)11(13-4)10(6-8)7-12-3/h5-6H,7H2,1-4H3. The first-order valence-corrected chi connectivity index (χ1v) is 4.32. The van der Waals surface area contributed by atoms with Crippen molar-refractivity contribution in [2.75, 3.05) is 14.2 Å². The molecule has 0 saturated heterocycles. The first-order chi connectivity index (χ1) is 6.19. The molecule has 0 bridgehead atoms. The molecule has 0 aliphatic heterocycles. The molecule has 0 radical (unpaired) electrons. The summed E-state index contributed by atoms with van der Waals surface area (Å²) in [6.07, 6.45) is 0. The second-order valence-corrected chi connectivity index (χ2v) is 3.21. The minimum atomic E-state index is 0.603. The largest absolute Gasteiger partial charge is 0.496 e. The van der Waals surface area contributed by atoms with Gasteiger partial charge in [-0.05, 0) is 19.4 Å². The molecule has 0 spiro atoms. The summed E-state index contributed by atoms with van der Waals surface area (Å²) in [7, 11) is 3.38. The number of aryl methyl sites for hydroxylation is 2. The van der Waals surface area contributed by atoms with Gasteiger partial charge in [-0.1, -0.05) is 17.7 Å². The number of hydrogen-bond acceptors (Lipinski definition) is 2. The molecule has 0 saturated carbocycles. The zero-order valence-electron chi connectivity index (χ0n) is 8.68. The van der Waals surface area contributed by atoms with Gasteiger partial charge < -0.3 is 9.47 Å². The molecule has 72 valence electrons. The summed E-state index contributed by atoms with van der Waals surface area (Å²) >= 11 is 0. The molecule has 0 aliphatic rings. The van der Waals surface area contributed by atoms with Crippen LogP contribution in [0.1, 0.15) is 16.7 Å². The molecule has 0 aliphatic carbocycles. The Morgan fingerprint density at radius 2 is 1.85 bits per heavy atom. The van der Waals surface area contributed by atoms with Gasteiger partial charge in [0.1, 0.15) is 5.75 Å². The second kappa shape index (κ2) is 4.28. The molecule has 1 rings (SSSR count). The zero-order chi connectivity index (χ0) is 9.84. The Morgan fingerprint density at radius 3 is 2.38 bits per heavy atom. The molecule has 0 N–H and O–H groups in total. The fourth-order valence-corrected chi connectivity index (χ4v) is 1.60. The molecule has 0 unspecified atom stereocenters. The third-order valence-electron chi connectivity index (χ3n) is 2.00. The van der Waals surface area contributed by atoms with E-state index in [0.717, 1.165) is 16.9 Å². The van der Waals surface area contributed by atoms with Gasteiger partial charge in [-0.25, -0.2) is 0 Å². The Morgan fingerprint density at radius 1 is 1.15 bits per heavy atom. The molecule has 2 nitrogen and oxygen atoms in total. The van der Waals surface area contributed by atoms with Crippen LogP contribution in [-0.2, 0) is 11.3 Å². The van der Waals surface area contributed by atoms with Crippen molar-refractivity contribution in [3.05, 3.63) is 28.8 Å². The molecule has 0 amide bonds. The van der Waals surface area contributed by atoms with Crippen LogP contribution >= 0.6 is 0 Å². The summed E-state index contributed by atoms with van der Waals surface area (Å²) in [4.78, 5) is 0. The van der Waals surface area contributed by atoms with Gasteiger partial charge >= 0.3 is 0 Å². The molecule has 13 heavy (non-hydrogen) atoms. The van der Waals surface area contributed by atoms with Crippen molar-refractivity contribution in [3.8, 4) is 5.75 Å². The normalized spacial score (nSPS) is 10.2. The van der Waals surface area contributed by atoms with Crippen molar-refractivity contribution in [2.45, 2.75) is 20.5 Å². The number of methoxy groups -OCH3 is 2. The molecule has 2 heteroatoms. The molecule has 0 aromatic heterocycles. The topological polar surface area (TPSA) is 18.5 Å². The van der Waals surface area contributed by atoms with Crippen molar-refractivity contribution in [1.82, 2.24) is 0 Å². The third-order valence-corrected chi connectivity index (χ3v) is 2.00. The van der Waals surface area contributed by atoms with E-state index in [2.05, 4.69) is 19.1 Å². The summed E-state index contributed by atoms with van der Waals surface area (Å²) in [6.45, 7) is 4.72. The minimum absolute atomic E-state index is 0.603. The molecule has 0 atom stereocenters. The van der Waals surface area contributed by atoms with Crippen molar-refractivity contribution in [1.29, 1.82) is 0 Å². The van der Waals surface area contributed by atoms with Crippen molar-refractivity contribution < 1.29 is 9.47 Å². The average molecular weight is 180 g/mol. The zero-order valence-corrected chi connectivity index (χ0v) is 8.68. The Hall–Kier alpha value is -1.02. The Labute approximate surface area is 79.5 Å². The average Bonchev–Trinajstić information content (AvgIpc) is 2.04. The van der Waals surface area contributed by atoms with E-state index in [9.17, 15) is 0 Å². The van der Waals surface area contributed by atoms with E-state index in [0.29, 0.717) is 6.61 Å². The van der Waals surface area contributed by atoms with Crippen LogP contribution in [-0.4, -0.2) is 14.2 Å². The van der Waals surface area contributed by atoms with Crippen LogP contribution < -0.4 is 4.74 Å². The summed E-state index contributed by atoms with van der Waals surface area (Å²) in [5.74, 6) is 0.937. The van der Waals surface area contributed by atoms with E-state index in [1.54, 1.807) is 14.2 Å². The summed E-state index contributed by atoms with van der Waals surface area (Å²) in [5.41, 5.74) is 3.52. The quantitative estimate of drug-likeness (QED) is 0.711. The highest BCUT2D eigenvalue weighted by molar-refractivity contribution is 5.43. The van der Waals surface area contributed by atoms with Crippen LogP contribution in [0.4, 0.5) is 0 Å². The Kier molecular flexibility index (Phi) is 3.32. The van der Waals surface area contributed by atoms with Crippen LogP contribution in [0.3, 0.4) is 0 Å². The van der Waals surface area contributed by atoms with Gasteiger partial charge in [-0.3, -0.25) is 0 Å². The second-order valence-electron chi connectivity index (χ2n) is 3.21. The lowest BCUT2D eigenvalue weighted by Crippen LogP contribution is -1.97. The van der Waals surface area contributed by atoms with Gasteiger partial charge in [0, 0.05) is 12.7 Å². The number of hydrogen-bond donors (Lipinski definition) is 0. The number of ether oxygens (including phenoxy) is 2. The maximum absolute atomic E-state index is 5.30. The number of rotatable bonds is 3. The minimum Gasteiger partial charge on any atom is -0.496 e. The highest BCUT2D eigenvalue weighted by atomic mass is 16.5. The first-order valence-electron chi connectivity index (χ1n) is 4.32. The first kappa shape index (κ1) is 10.1. The van der Waals surface area contributed by atoms with Crippen LogP contribution in [0.15, 0.2) is 12.1 Å². The van der Waals surface area contributed by atoms with Gasteiger partial charge in [0.15, 0.2) is 0 Å². The summed E-state index contributed by atoms with van der Waals surface area (Å²) in [6, 6.07) is 4.20. The predicted octanol–water partition coefficient (Wildman–Crippen LogP) is 2.46. The Balaban J connectivity index is 3.13. The third kappa shape index (κ3) is 2.22. The molecule has 0 heterocycles. The van der Waals surface area contributed by atoms with Crippen LogP contribution in [0.2, 0.25) is 0 Å². The van der Waals surface area contributed by atoms with Crippen molar-refractivity contribution in [2.24, 2.45) is 0 Å². The van der Waals surface area contributed by atoms with Gasteiger partial charge in [-0.2, -0.15) is 0 Å². The molecular weight excluding hydrogens is 164 g/mol.